The lowest BCUT2D eigenvalue weighted by atomic mass is 10.1. The molecule has 2 amide bonds. The van der Waals surface area contributed by atoms with Gasteiger partial charge >= 0.3 is 6.18 Å². The molecule has 0 saturated carbocycles. The number of hydrogen-bond acceptors (Lipinski definition) is 3. The summed E-state index contributed by atoms with van der Waals surface area (Å²) in [4.78, 5) is 23.8. The van der Waals surface area contributed by atoms with Gasteiger partial charge in [-0.05, 0) is 36.2 Å². The SMILES string of the molecule is CC(C)CC(=O)Nc1ccc(C(=O)NN=Cc2ccccc2C(F)(F)F)cc1. The highest BCUT2D eigenvalue weighted by molar-refractivity contribution is 5.96. The highest BCUT2D eigenvalue weighted by Gasteiger charge is 2.32. The Balaban J connectivity index is 1.99. The summed E-state index contributed by atoms with van der Waals surface area (Å²) in [6.45, 7) is 3.86. The average Bonchev–Trinajstić information content (AvgIpc) is 2.61. The molecule has 0 heterocycles. The maximum absolute atomic E-state index is 12.9. The van der Waals surface area contributed by atoms with E-state index in [1.807, 2.05) is 13.8 Å². The summed E-state index contributed by atoms with van der Waals surface area (Å²) in [5.41, 5.74) is 1.99. The van der Waals surface area contributed by atoms with E-state index in [1.165, 1.54) is 30.3 Å². The van der Waals surface area contributed by atoms with Gasteiger partial charge in [0, 0.05) is 23.2 Å². The van der Waals surface area contributed by atoms with E-state index < -0.39 is 17.6 Å². The first-order chi connectivity index (χ1) is 13.2. The van der Waals surface area contributed by atoms with Gasteiger partial charge < -0.3 is 5.32 Å². The van der Waals surface area contributed by atoms with Gasteiger partial charge in [0.2, 0.25) is 5.91 Å². The van der Waals surface area contributed by atoms with Crippen molar-refractivity contribution in [3.05, 3.63) is 65.2 Å². The van der Waals surface area contributed by atoms with Crippen LogP contribution in [0.4, 0.5) is 18.9 Å². The van der Waals surface area contributed by atoms with Crippen LogP contribution in [0.1, 0.15) is 41.8 Å². The number of amides is 2. The number of hydrazone groups is 1. The van der Waals surface area contributed by atoms with Crippen molar-refractivity contribution < 1.29 is 22.8 Å². The molecule has 148 valence electrons. The fraction of sp³-hybridized carbons (Fsp3) is 0.250. The molecule has 2 N–H and O–H groups in total. The van der Waals surface area contributed by atoms with Crippen molar-refractivity contribution in [1.82, 2.24) is 5.43 Å². The number of nitrogens with one attached hydrogen (secondary N) is 2. The van der Waals surface area contributed by atoms with Crippen LogP contribution in [0, 0.1) is 5.92 Å². The molecule has 0 aliphatic heterocycles. The number of benzene rings is 2. The third kappa shape index (κ3) is 6.22. The molecule has 8 heteroatoms. The molecule has 0 bridgehead atoms. The number of halogens is 3. The van der Waals surface area contributed by atoms with Crippen LogP contribution in [0.25, 0.3) is 0 Å². The summed E-state index contributed by atoms with van der Waals surface area (Å²) in [5.74, 6) is -0.480. The summed E-state index contributed by atoms with van der Waals surface area (Å²) in [7, 11) is 0. The van der Waals surface area contributed by atoms with Crippen molar-refractivity contribution in [1.29, 1.82) is 0 Å². The quantitative estimate of drug-likeness (QED) is 0.564. The van der Waals surface area contributed by atoms with Gasteiger partial charge in [-0.2, -0.15) is 18.3 Å². The Morgan fingerprint density at radius 1 is 1.07 bits per heavy atom. The smallest absolute Gasteiger partial charge is 0.326 e. The molecule has 0 fully saturated rings. The molecule has 0 saturated heterocycles. The first kappa shape index (κ1) is 21.1. The third-order valence-corrected chi connectivity index (χ3v) is 3.66. The third-order valence-electron chi connectivity index (χ3n) is 3.66. The first-order valence-corrected chi connectivity index (χ1v) is 8.56. The van der Waals surface area contributed by atoms with Crippen LogP contribution < -0.4 is 10.7 Å². The van der Waals surface area contributed by atoms with Crippen LogP contribution >= 0.6 is 0 Å². The number of anilines is 1. The molecule has 0 spiro atoms. The predicted molar refractivity (Wildman–Crippen MR) is 101 cm³/mol. The van der Waals surface area contributed by atoms with Crippen LogP contribution in [0.3, 0.4) is 0 Å². The van der Waals surface area contributed by atoms with Gasteiger partial charge in [0.1, 0.15) is 0 Å². The number of carbonyl (C=O) groups excluding carboxylic acids is 2. The molecule has 28 heavy (non-hydrogen) atoms. The van der Waals surface area contributed by atoms with E-state index in [2.05, 4.69) is 15.8 Å². The Morgan fingerprint density at radius 2 is 1.71 bits per heavy atom. The lowest BCUT2D eigenvalue weighted by molar-refractivity contribution is -0.137. The van der Waals surface area contributed by atoms with E-state index in [9.17, 15) is 22.8 Å². The first-order valence-electron chi connectivity index (χ1n) is 8.56. The number of rotatable bonds is 6. The highest BCUT2D eigenvalue weighted by Crippen LogP contribution is 2.31. The molecule has 2 rings (SSSR count). The molecule has 5 nitrogen and oxygen atoms in total. The maximum Gasteiger partial charge on any atom is 0.417 e. The van der Waals surface area contributed by atoms with E-state index in [-0.39, 0.29) is 23.0 Å². The van der Waals surface area contributed by atoms with E-state index in [4.69, 9.17) is 0 Å². The summed E-state index contributed by atoms with van der Waals surface area (Å²) in [6.07, 6.45) is -3.18. The molecule has 0 aromatic heterocycles. The maximum atomic E-state index is 12.9. The minimum absolute atomic E-state index is 0.125. The molecule has 2 aromatic carbocycles. The predicted octanol–water partition coefficient (Wildman–Crippen LogP) is 4.45. The normalized spacial score (nSPS) is 11.6. The molecular formula is C20H20F3N3O2. The fourth-order valence-corrected chi connectivity index (χ4v) is 2.38. The number of carbonyl (C=O) groups is 2. The number of hydrogen-bond donors (Lipinski definition) is 2. The lowest BCUT2D eigenvalue weighted by Crippen LogP contribution is -2.18. The van der Waals surface area contributed by atoms with Crippen molar-refractivity contribution in [2.75, 3.05) is 5.32 Å². The summed E-state index contributed by atoms with van der Waals surface area (Å²) in [5, 5.41) is 6.32. The minimum atomic E-state index is -4.51. The molecule has 0 aliphatic carbocycles. The summed E-state index contributed by atoms with van der Waals surface area (Å²) < 4.78 is 38.8. The van der Waals surface area contributed by atoms with E-state index >= 15 is 0 Å². The second-order valence-electron chi connectivity index (χ2n) is 6.51. The van der Waals surface area contributed by atoms with E-state index in [0.717, 1.165) is 12.3 Å². The van der Waals surface area contributed by atoms with Crippen molar-refractivity contribution in [2.45, 2.75) is 26.4 Å². The Bertz CT molecular complexity index is 860. The van der Waals surface area contributed by atoms with Crippen molar-refractivity contribution in [3.8, 4) is 0 Å². The molecule has 0 atom stereocenters. The summed E-state index contributed by atoms with van der Waals surface area (Å²) in [6, 6.07) is 11.0. The topological polar surface area (TPSA) is 70.6 Å². The van der Waals surface area contributed by atoms with Gasteiger partial charge in [-0.1, -0.05) is 32.0 Å². The molecule has 0 radical (unpaired) electrons. The Kier molecular flexibility index (Phi) is 6.92. The van der Waals surface area contributed by atoms with Gasteiger partial charge in [0.25, 0.3) is 5.91 Å². The molecule has 0 aliphatic rings. The van der Waals surface area contributed by atoms with Crippen LogP contribution in [-0.2, 0) is 11.0 Å². The monoisotopic (exact) mass is 391 g/mol. The minimum Gasteiger partial charge on any atom is -0.326 e. The average molecular weight is 391 g/mol. The zero-order valence-corrected chi connectivity index (χ0v) is 15.4. The zero-order valence-electron chi connectivity index (χ0n) is 15.4. The Labute approximate surface area is 160 Å². The van der Waals surface area contributed by atoms with Gasteiger partial charge in [-0.3, -0.25) is 9.59 Å². The Morgan fingerprint density at radius 3 is 2.32 bits per heavy atom. The van der Waals surface area contributed by atoms with E-state index in [1.54, 1.807) is 12.1 Å². The van der Waals surface area contributed by atoms with Crippen LogP contribution in [0.2, 0.25) is 0 Å². The van der Waals surface area contributed by atoms with Gasteiger partial charge in [0.15, 0.2) is 0 Å². The highest BCUT2D eigenvalue weighted by atomic mass is 19.4. The standard InChI is InChI=1S/C20H20F3N3O2/c1-13(2)11-18(27)25-16-9-7-14(8-10-16)19(28)26-24-12-15-5-3-4-6-17(15)20(21,22)23/h3-10,12-13H,11H2,1-2H3,(H,25,27)(H,26,28). The number of nitrogens with zero attached hydrogens (tertiary/aromatic N) is 1. The number of alkyl halides is 3. The Hall–Kier alpha value is -3.16. The van der Waals surface area contributed by atoms with Crippen LogP contribution in [-0.4, -0.2) is 18.0 Å². The largest absolute Gasteiger partial charge is 0.417 e. The lowest BCUT2D eigenvalue weighted by Gasteiger charge is -2.09. The molecule has 2 aromatic rings. The van der Waals surface area contributed by atoms with Gasteiger partial charge in [0.05, 0.1) is 11.8 Å². The second kappa shape index (κ2) is 9.16. The van der Waals surface area contributed by atoms with E-state index in [0.29, 0.717) is 12.1 Å². The second-order valence-corrected chi connectivity index (χ2v) is 6.51. The summed E-state index contributed by atoms with van der Waals surface area (Å²) >= 11 is 0. The van der Waals surface area contributed by atoms with Crippen molar-refractivity contribution >= 4 is 23.7 Å². The van der Waals surface area contributed by atoms with Crippen LogP contribution in [0.15, 0.2) is 53.6 Å². The van der Waals surface area contributed by atoms with Crippen LogP contribution in [0.5, 0.6) is 0 Å². The fourth-order valence-electron chi connectivity index (χ4n) is 2.38. The van der Waals surface area contributed by atoms with Gasteiger partial charge in [-0.15, -0.1) is 0 Å². The van der Waals surface area contributed by atoms with Crippen molar-refractivity contribution in [3.63, 3.8) is 0 Å². The zero-order chi connectivity index (χ0) is 20.7. The van der Waals surface area contributed by atoms with Gasteiger partial charge in [-0.25, -0.2) is 5.43 Å². The van der Waals surface area contributed by atoms with Crippen molar-refractivity contribution in [2.24, 2.45) is 11.0 Å². The molecule has 0 unspecified atom stereocenters. The molecular weight excluding hydrogens is 371 g/mol.